The smallest absolute Gasteiger partial charge is 0.270 e. The normalized spacial score (nSPS) is 13.3. The fraction of sp³-hybridized carbons (Fsp3) is 0.0769. The van der Waals surface area contributed by atoms with Crippen LogP contribution >= 0.6 is 11.3 Å². The van der Waals surface area contributed by atoms with Crippen LogP contribution < -0.4 is 0 Å². The molecule has 2 aromatic rings. The molecule has 1 aliphatic rings. The van der Waals surface area contributed by atoms with Crippen LogP contribution in [0.15, 0.2) is 29.6 Å². The summed E-state index contributed by atoms with van der Waals surface area (Å²) in [6.45, 7) is -0.173. The molecule has 23 heavy (non-hydrogen) atoms. The van der Waals surface area contributed by atoms with Gasteiger partial charge in [0.2, 0.25) is 0 Å². The number of nitrogens with zero attached hydrogens (tertiary/aromatic N) is 3. The zero-order valence-electron chi connectivity index (χ0n) is 11.3. The Balaban J connectivity index is 1.95. The number of rotatable bonds is 4. The second-order valence-electron chi connectivity index (χ2n) is 4.70. The van der Waals surface area contributed by atoms with Crippen molar-refractivity contribution in [3.63, 3.8) is 0 Å². The SMILES string of the molecule is O=C1c2cccc([N+](=O)[O-])c2C(=O)N1Cc1csc([N+](=O)[O-])c1. The lowest BCUT2D eigenvalue weighted by molar-refractivity contribution is -0.385. The van der Waals surface area contributed by atoms with Gasteiger partial charge in [-0.05, 0) is 11.6 Å². The van der Waals surface area contributed by atoms with Crippen LogP contribution in [-0.2, 0) is 6.54 Å². The van der Waals surface area contributed by atoms with Crippen molar-refractivity contribution in [2.75, 3.05) is 0 Å². The van der Waals surface area contributed by atoms with Crippen LogP contribution in [0.25, 0.3) is 0 Å². The fourth-order valence-corrected chi connectivity index (χ4v) is 3.06. The first-order chi connectivity index (χ1) is 10.9. The van der Waals surface area contributed by atoms with Gasteiger partial charge < -0.3 is 0 Å². The van der Waals surface area contributed by atoms with E-state index < -0.39 is 27.3 Å². The van der Waals surface area contributed by atoms with Crippen LogP contribution in [0.1, 0.15) is 26.3 Å². The number of hydrogen-bond acceptors (Lipinski definition) is 7. The molecule has 0 N–H and O–H groups in total. The van der Waals surface area contributed by atoms with Gasteiger partial charge in [-0.2, -0.15) is 0 Å². The number of nitro benzene ring substituents is 1. The van der Waals surface area contributed by atoms with Crippen molar-refractivity contribution in [1.29, 1.82) is 0 Å². The summed E-state index contributed by atoms with van der Waals surface area (Å²) in [5.74, 6) is -1.42. The van der Waals surface area contributed by atoms with Gasteiger partial charge in [-0.3, -0.25) is 34.7 Å². The minimum absolute atomic E-state index is 0.0334. The molecule has 0 atom stereocenters. The van der Waals surface area contributed by atoms with E-state index in [0.29, 0.717) is 5.56 Å². The Kier molecular flexibility index (Phi) is 3.37. The average molecular weight is 333 g/mol. The Morgan fingerprint density at radius 1 is 1.09 bits per heavy atom. The lowest BCUT2D eigenvalue weighted by Crippen LogP contribution is -2.29. The maximum absolute atomic E-state index is 12.3. The van der Waals surface area contributed by atoms with Crippen LogP contribution in [-0.4, -0.2) is 26.6 Å². The number of fused-ring (bicyclic) bond motifs is 1. The molecule has 3 rings (SSSR count). The molecular formula is C13H7N3O6S. The summed E-state index contributed by atoms with van der Waals surface area (Å²) >= 11 is 0.879. The van der Waals surface area contributed by atoms with E-state index in [-0.39, 0.29) is 22.7 Å². The Hall–Kier alpha value is -3.14. The average Bonchev–Trinajstić information content (AvgIpc) is 3.07. The van der Waals surface area contributed by atoms with Crippen LogP contribution in [0.2, 0.25) is 0 Å². The first-order valence-corrected chi connectivity index (χ1v) is 7.13. The molecule has 0 aliphatic carbocycles. The van der Waals surface area contributed by atoms with Gasteiger partial charge in [0.1, 0.15) is 5.56 Å². The number of carbonyl (C=O) groups excluding carboxylic acids is 2. The van der Waals surface area contributed by atoms with Crippen molar-refractivity contribution in [2.45, 2.75) is 6.54 Å². The molecule has 0 spiro atoms. The van der Waals surface area contributed by atoms with Crippen LogP contribution in [0.4, 0.5) is 10.7 Å². The molecule has 10 heteroatoms. The van der Waals surface area contributed by atoms with Crippen LogP contribution in [0.3, 0.4) is 0 Å². The molecule has 0 bridgehead atoms. The molecule has 0 fully saturated rings. The summed E-state index contributed by atoms with van der Waals surface area (Å²) in [6.07, 6.45) is 0. The van der Waals surface area contributed by atoms with E-state index in [1.165, 1.54) is 23.6 Å². The van der Waals surface area contributed by atoms with Gasteiger partial charge in [-0.25, -0.2) is 0 Å². The molecule has 0 radical (unpaired) electrons. The summed E-state index contributed by atoms with van der Waals surface area (Å²) in [5.41, 5.74) is -0.292. The summed E-state index contributed by atoms with van der Waals surface area (Å²) in [5, 5.41) is 23.0. The molecule has 2 amide bonds. The lowest BCUT2D eigenvalue weighted by Gasteiger charge is -2.11. The topological polar surface area (TPSA) is 124 Å². The minimum atomic E-state index is -0.772. The highest BCUT2D eigenvalue weighted by atomic mass is 32.1. The molecule has 1 aromatic carbocycles. The number of imide groups is 1. The zero-order chi connectivity index (χ0) is 16.7. The quantitative estimate of drug-likeness (QED) is 0.480. The van der Waals surface area contributed by atoms with E-state index in [9.17, 15) is 29.8 Å². The monoisotopic (exact) mass is 333 g/mol. The van der Waals surface area contributed by atoms with Gasteiger partial charge in [0.25, 0.3) is 17.5 Å². The molecule has 116 valence electrons. The minimum Gasteiger partial charge on any atom is -0.270 e. The molecule has 1 aliphatic heterocycles. The Morgan fingerprint density at radius 2 is 1.83 bits per heavy atom. The maximum Gasteiger partial charge on any atom is 0.324 e. The first-order valence-electron chi connectivity index (χ1n) is 6.25. The van der Waals surface area contributed by atoms with Crippen molar-refractivity contribution < 1.29 is 19.4 Å². The summed E-state index contributed by atoms with van der Waals surface area (Å²) in [7, 11) is 0. The predicted molar refractivity (Wildman–Crippen MR) is 78.3 cm³/mol. The fourth-order valence-electron chi connectivity index (χ4n) is 2.34. The van der Waals surface area contributed by atoms with E-state index in [2.05, 4.69) is 0 Å². The van der Waals surface area contributed by atoms with Gasteiger partial charge in [-0.1, -0.05) is 17.4 Å². The highest BCUT2D eigenvalue weighted by Crippen LogP contribution is 2.32. The maximum atomic E-state index is 12.3. The van der Waals surface area contributed by atoms with Crippen LogP contribution in [0, 0.1) is 20.2 Å². The van der Waals surface area contributed by atoms with Crippen LogP contribution in [0.5, 0.6) is 0 Å². The summed E-state index contributed by atoms with van der Waals surface area (Å²) in [4.78, 5) is 45.9. The van der Waals surface area contributed by atoms with Gasteiger partial charge in [-0.15, -0.1) is 0 Å². The van der Waals surface area contributed by atoms with Gasteiger partial charge in [0, 0.05) is 17.5 Å². The van der Waals surface area contributed by atoms with Crippen molar-refractivity contribution in [3.8, 4) is 0 Å². The predicted octanol–water partition coefficient (Wildman–Crippen LogP) is 2.36. The highest BCUT2D eigenvalue weighted by molar-refractivity contribution is 7.13. The number of nitro groups is 2. The number of hydrogen-bond donors (Lipinski definition) is 0. The Labute approximate surface area is 132 Å². The van der Waals surface area contributed by atoms with Gasteiger partial charge in [0.05, 0.1) is 22.0 Å². The summed E-state index contributed by atoms with van der Waals surface area (Å²) in [6, 6.07) is 5.10. The third-order valence-electron chi connectivity index (χ3n) is 3.33. The molecule has 0 saturated carbocycles. The van der Waals surface area contributed by atoms with Crippen molar-refractivity contribution >= 4 is 33.8 Å². The molecule has 0 unspecified atom stereocenters. The largest absolute Gasteiger partial charge is 0.324 e. The lowest BCUT2D eigenvalue weighted by atomic mass is 10.1. The first kappa shape index (κ1) is 14.8. The van der Waals surface area contributed by atoms with Gasteiger partial charge >= 0.3 is 5.00 Å². The standard InChI is InChI=1S/C13H7N3O6S/c17-12-8-2-1-3-9(15(19)20)11(8)13(18)14(12)5-7-4-10(16(21)22)23-6-7/h1-4,6H,5H2. The number of amides is 2. The second kappa shape index (κ2) is 5.25. The molecular weight excluding hydrogens is 326 g/mol. The van der Waals surface area contributed by atoms with E-state index in [1.54, 1.807) is 0 Å². The van der Waals surface area contributed by atoms with E-state index in [0.717, 1.165) is 22.3 Å². The van der Waals surface area contributed by atoms with Crippen molar-refractivity contribution in [2.24, 2.45) is 0 Å². The van der Waals surface area contributed by atoms with Gasteiger partial charge in [0.15, 0.2) is 0 Å². The van der Waals surface area contributed by atoms with E-state index >= 15 is 0 Å². The Morgan fingerprint density at radius 3 is 2.43 bits per heavy atom. The van der Waals surface area contributed by atoms with E-state index in [1.807, 2.05) is 0 Å². The van der Waals surface area contributed by atoms with E-state index in [4.69, 9.17) is 0 Å². The third-order valence-corrected chi connectivity index (χ3v) is 4.26. The molecule has 0 saturated heterocycles. The zero-order valence-corrected chi connectivity index (χ0v) is 12.1. The highest BCUT2D eigenvalue weighted by Gasteiger charge is 2.40. The molecule has 2 heterocycles. The molecule has 1 aromatic heterocycles. The number of carbonyl (C=O) groups is 2. The summed E-state index contributed by atoms with van der Waals surface area (Å²) < 4.78 is 0. The molecule has 9 nitrogen and oxygen atoms in total. The third kappa shape index (κ3) is 2.34. The number of thiophene rings is 1. The second-order valence-corrected chi connectivity index (χ2v) is 5.59. The Bertz CT molecular complexity index is 874. The van der Waals surface area contributed by atoms with Crippen molar-refractivity contribution in [3.05, 3.63) is 66.6 Å². The number of benzene rings is 1. The van der Waals surface area contributed by atoms with Crippen molar-refractivity contribution in [1.82, 2.24) is 4.90 Å².